The third kappa shape index (κ3) is 3.30. The number of hydrogen-bond donors (Lipinski definition) is 0. The highest BCUT2D eigenvalue weighted by Gasteiger charge is 2.51. The van der Waals surface area contributed by atoms with Crippen LogP contribution in [0.25, 0.3) is 0 Å². The highest BCUT2D eigenvalue weighted by atomic mass is 16.6. The van der Waals surface area contributed by atoms with E-state index in [1.807, 2.05) is 75.4 Å². The van der Waals surface area contributed by atoms with Gasteiger partial charge >= 0.3 is 0 Å². The lowest BCUT2D eigenvalue weighted by Gasteiger charge is -2.51. The van der Waals surface area contributed by atoms with Crippen LogP contribution in [-0.4, -0.2) is 24.7 Å². The van der Waals surface area contributed by atoms with Crippen LogP contribution in [0.3, 0.4) is 0 Å². The van der Waals surface area contributed by atoms with Crippen molar-refractivity contribution < 1.29 is 28.4 Å². The Hall–Kier alpha value is -3.58. The molecule has 0 saturated carbocycles. The van der Waals surface area contributed by atoms with Gasteiger partial charge in [0.15, 0.2) is 18.7 Å². The molecule has 3 aliphatic rings. The third-order valence-electron chi connectivity index (χ3n) is 6.20. The van der Waals surface area contributed by atoms with Crippen LogP contribution in [0.15, 0.2) is 54.6 Å². The maximum atomic E-state index is 6.58. The van der Waals surface area contributed by atoms with Crippen LogP contribution in [0.4, 0.5) is 0 Å². The maximum absolute atomic E-state index is 6.58. The zero-order valence-corrected chi connectivity index (χ0v) is 19.4. The Bertz CT molecular complexity index is 1080. The fourth-order valence-electron chi connectivity index (χ4n) is 4.83. The van der Waals surface area contributed by atoms with Gasteiger partial charge < -0.3 is 28.4 Å². The molecule has 3 heterocycles. The van der Waals surface area contributed by atoms with Crippen LogP contribution in [0.2, 0.25) is 0 Å². The van der Waals surface area contributed by atoms with Gasteiger partial charge in [0, 0.05) is 0 Å². The Morgan fingerprint density at radius 3 is 1.18 bits per heavy atom. The maximum Gasteiger partial charge on any atom is 0.188 e. The molecule has 7 heteroatoms. The minimum atomic E-state index is -0.409. The van der Waals surface area contributed by atoms with Gasteiger partial charge in [0.05, 0.1) is 36.5 Å². The molecule has 3 atom stereocenters. The van der Waals surface area contributed by atoms with Crippen LogP contribution in [-0.2, 0) is 0 Å². The molecular formula is C27H27NO6. The molecule has 3 aromatic rings. The first-order valence-corrected chi connectivity index (χ1v) is 11.8. The lowest BCUT2D eigenvalue weighted by Crippen LogP contribution is -2.50. The number of rotatable bonds is 6. The van der Waals surface area contributed by atoms with Crippen molar-refractivity contribution in [1.29, 1.82) is 0 Å². The highest BCUT2D eigenvalue weighted by Crippen LogP contribution is 2.57. The van der Waals surface area contributed by atoms with Gasteiger partial charge in [-0.05, 0) is 75.4 Å². The number of ether oxygens (including phenoxy) is 6. The largest absolute Gasteiger partial charge is 0.494 e. The molecule has 34 heavy (non-hydrogen) atoms. The van der Waals surface area contributed by atoms with Crippen LogP contribution in [0.1, 0.15) is 56.1 Å². The van der Waals surface area contributed by atoms with Crippen molar-refractivity contribution in [1.82, 2.24) is 4.90 Å². The smallest absolute Gasteiger partial charge is 0.188 e. The van der Waals surface area contributed by atoms with E-state index in [4.69, 9.17) is 28.4 Å². The lowest BCUT2D eigenvalue weighted by atomic mass is 9.98. The van der Waals surface area contributed by atoms with Gasteiger partial charge in [0.2, 0.25) is 0 Å². The van der Waals surface area contributed by atoms with E-state index in [1.165, 1.54) is 0 Å². The molecule has 0 N–H and O–H groups in total. The van der Waals surface area contributed by atoms with Crippen molar-refractivity contribution >= 4 is 0 Å². The summed E-state index contributed by atoms with van der Waals surface area (Å²) in [4.78, 5) is 2.12. The average molecular weight is 462 g/mol. The van der Waals surface area contributed by atoms with Gasteiger partial charge in [-0.15, -0.1) is 0 Å². The van der Waals surface area contributed by atoms with Gasteiger partial charge in [0.1, 0.15) is 34.5 Å². The zero-order valence-electron chi connectivity index (χ0n) is 19.4. The second kappa shape index (κ2) is 8.33. The normalized spacial score (nSPS) is 21.4. The first-order valence-electron chi connectivity index (χ1n) is 11.8. The van der Waals surface area contributed by atoms with E-state index in [2.05, 4.69) is 4.90 Å². The summed E-state index contributed by atoms with van der Waals surface area (Å²) in [5, 5.41) is 0. The second-order valence-electron chi connectivity index (χ2n) is 8.26. The minimum absolute atomic E-state index is 0.409. The molecule has 3 aromatic carbocycles. The molecule has 0 radical (unpaired) electrons. The van der Waals surface area contributed by atoms with Gasteiger partial charge in [-0.1, -0.05) is 0 Å². The van der Waals surface area contributed by atoms with E-state index >= 15 is 0 Å². The Morgan fingerprint density at radius 1 is 0.559 bits per heavy atom. The van der Waals surface area contributed by atoms with E-state index in [-0.39, 0.29) is 0 Å². The van der Waals surface area contributed by atoms with Crippen molar-refractivity contribution in [2.24, 2.45) is 0 Å². The molecule has 0 fully saturated rings. The molecule has 0 aromatic heterocycles. The van der Waals surface area contributed by atoms with E-state index < -0.39 is 18.7 Å². The second-order valence-corrected chi connectivity index (χ2v) is 8.26. The summed E-state index contributed by atoms with van der Waals surface area (Å²) in [6.45, 7) is 7.66. The Balaban J connectivity index is 1.51. The molecule has 0 aliphatic carbocycles. The van der Waals surface area contributed by atoms with Crippen molar-refractivity contribution in [3.05, 3.63) is 71.3 Å². The fourth-order valence-corrected chi connectivity index (χ4v) is 4.83. The van der Waals surface area contributed by atoms with E-state index in [1.54, 1.807) is 0 Å². The molecule has 0 bridgehead atoms. The molecule has 0 amide bonds. The van der Waals surface area contributed by atoms with Crippen molar-refractivity contribution in [2.45, 2.75) is 39.5 Å². The van der Waals surface area contributed by atoms with Crippen molar-refractivity contribution in [2.75, 3.05) is 19.8 Å². The van der Waals surface area contributed by atoms with Gasteiger partial charge in [0.25, 0.3) is 0 Å². The number of hydrogen-bond acceptors (Lipinski definition) is 7. The molecular weight excluding hydrogens is 434 g/mol. The summed E-state index contributed by atoms with van der Waals surface area (Å²) in [5.41, 5.74) is 2.71. The van der Waals surface area contributed by atoms with E-state index in [9.17, 15) is 0 Å². The molecule has 0 unspecified atom stereocenters. The highest BCUT2D eigenvalue weighted by molar-refractivity contribution is 5.52. The van der Waals surface area contributed by atoms with Gasteiger partial charge in [-0.2, -0.15) is 4.90 Å². The molecule has 7 nitrogen and oxygen atoms in total. The molecule has 6 rings (SSSR count). The Labute approximate surface area is 198 Å². The zero-order chi connectivity index (χ0) is 23.2. The van der Waals surface area contributed by atoms with E-state index in [0.29, 0.717) is 19.8 Å². The Kier molecular flexibility index (Phi) is 5.14. The monoisotopic (exact) mass is 461 g/mol. The average Bonchev–Trinajstić information content (AvgIpc) is 2.85. The Morgan fingerprint density at radius 2 is 0.882 bits per heavy atom. The summed E-state index contributed by atoms with van der Waals surface area (Å²) >= 11 is 0. The standard InChI is InChI=1S/C27H27NO6/c1-4-29-16-7-10-22-19(13-16)25-28-26(32-22)21-15-18(31-6-3)9-12-24(21)34-27(28)20-14-17(30-5-2)8-11-23(20)33-25/h7-15,25-27H,4-6H2,1-3H3/t25-,26-,27-/m0/s1. The summed E-state index contributed by atoms with van der Waals surface area (Å²) in [5.74, 6) is 4.61. The summed E-state index contributed by atoms with van der Waals surface area (Å²) < 4.78 is 37.0. The van der Waals surface area contributed by atoms with Crippen molar-refractivity contribution in [3.63, 3.8) is 0 Å². The number of nitrogens with zero attached hydrogens (tertiary/aromatic N) is 1. The summed E-state index contributed by atoms with van der Waals surface area (Å²) in [7, 11) is 0. The molecule has 176 valence electrons. The van der Waals surface area contributed by atoms with Crippen molar-refractivity contribution in [3.8, 4) is 34.5 Å². The first-order chi connectivity index (χ1) is 16.7. The summed E-state index contributed by atoms with van der Waals surface area (Å²) in [6.07, 6.45) is -1.23. The predicted molar refractivity (Wildman–Crippen MR) is 125 cm³/mol. The van der Waals surface area contributed by atoms with Crippen LogP contribution >= 0.6 is 0 Å². The minimum Gasteiger partial charge on any atom is -0.494 e. The lowest BCUT2D eigenvalue weighted by molar-refractivity contribution is -0.202. The molecule has 0 spiro atoms. The fraction of sp³-hybridized carbons (Fsp3) is 0.333. The predicted octanol–water partition coefficient (Wildman–Crippen LogP) is 5.76. The van der Waals surface area contributed by atoms with Gasteiger partial charge in [-0.25, -0.2) is 0 Å². The SMILES string of the molecule is CCOc1ccc2c(c1)[C@@H]1Oc3ccc(OCC)cc3[C@@H]3Oc4ccc(OCC)cc4[C@H](O2)N13. The third-order valence-corrected chi connectivity index (χ3v) is 6.20. The van der Waals surface area contributed by atoms with E-state index in [0.717, 1.165) is 51.2 Å². The van der Waals surface area contributed by atoms with Gasteiger partial charge in [-0.3, -0.25) is 0 Å². The summed E-state index contributed by atoms with van der Waals surface area (Å²) in [6, 6.07) is 17.6. The number of benzene rings is 3. The topological polar surface area (TPSA) is 58.6 Å². The number of fused-ring (bicyclic) bond motifs is 6. The van der Waals surface area contributed by atoms with Crippen LogP contribution < -0.4 is 28.4 Å². The van der Waals surface area contributed by atoms with Crippen LogP contribution in [0, 0.1) is 0 Å². The first kappa shape index (κ1) is 21.0. The van der Waals surface area contributed by atoms with Crippen LogP contribution in [0.5, 0.6) is 34.5 Å². The molecule has 0 saturated heterocycles. The quantitative estimate of drug-likeness (QED) is 0.463. The molecule has 3 aliphatic heterocycles.